The molecule has 0 aromatic rings. The van der Waals surface area contributed by atoms with Crippen LogP contribution in [0.5, 0.6) is 0 Å². The van der Waals surface area contributed by atoms with E-state index in [0.717, 1.165) is 0 Å². The SMILES string of the molecule is CC[C@@H]1OC(=O)[C@H](C)[C@H](O[C@@H]2C[C@](C)(OC)[C@H](O)[C@H](C)O2)[C@H](C)[C@H](O[C@@H]2O[C@H](C)C[C@H](N(C)C)[C@@H]2O)[C@](C)(O)C[C@H](C)[C@H]2N[C@H](COCCOC)O[C@@H]([C@@H]2C)[C@@]1(C)O. The summed E-state index contributed by atoms with van der Waals surface area (Å²) in [5.41, 5.74) is -4.27. The van der Waals surface area contributed by atoms with E-state index in [-0.39, 0.29) is 55.9 Å². The second kappa shape index (κ2) is 20.4. The lowest BCUT2D eigenvalue weighted by atomic mass is 9.71. The minimum atomic E-state index is -1.64. The van der Waals surface area contributed by atoms with Gasteiger partial charge in [-0.05, 0) is 80.8 Å². The van der Waals surface area contributed by atoms with Crippen molar-refractivity contribution in [3.8, 4) is 0 Å². The van der Waals surface area contributed by atoms with Gasteiger partial charge in [0.2, 0.25) is 0 Å². The largest absolute Gasteiger partial charge is 0.459 e. The number of rotatable bonds is 12. The first-order valence-electron chi connectivity index (χ1n) is 21.4. The van der Waals surface area contributed by atoms with E-state index in [2.05, 4.69) is 5.32 Å². The van der Waals surface area contributed by atoms with Crippen molar-refractivity contribution in [2.24, 2.45) is 23.7 Å². The van der Waals surface area contributed by atoms with Crippen LogP contribution in [0, 0.1) is 23.7 Å². The molecule has 0 aromatic carbocycles. The van der Waals surface area contributed by atoms with E-state index in [1.54, 1.807) is 41.7 Å². The van der Waals surface area contributed by atoms with Crippen LogP contribution in [0.25, 0.3) is 0 Å². The van der Waals surface area contributed by atoms with E-state index in [1.165, 1.54) is 7.11 Å². The second-order valence-electron chi connectivity index (χ2n) is 18.6. The molecule has 5 N–H and O–H groups in total. The van der Waals surface area contributed by atoms with Crippen LogP contribution in [0.15, 0.2) is 0 Å². The molecule has 0 spiro atoms. The van der Waals surface area contributed by atoms with Gasteiger partial charge in [0.25, 0.3) is 0 Å². The molecule has 4 rings (SSSR count). The smallest absolute Gasteiger partial charge is 0.311 e. The molecule has 0 amide bonds. The van der Waals surface area contributed by atoms with E-state index in [1.807, 2.05) is 53.6 Å². The van der Waals surface area contributed by atoms with Crippen molar-refractivity contribution in [3.63, 3.8) is 0 Å². The monoisotopic (exact) mass is 835 g/mol. The van der Waals surface area contributed by atoms with Crippen LogP contribution in [0.3, 0.4) is 0 Å². The minimum Gasteiger partial charge on any atom is -0.459 e. The maximum Gasteiger partial charge on any atom is 0.311 e. The molecule has 4 saturated heterocycles. The molecule has 0 aliphatic carbocycles. The summed E-state index contributed by atoms with van der Waals surface area (Å²) < 4.78 is 55.7. The molecule has 4 aliphatic heterocycles. The Hall–Kier alpha value is -1.09. The summed E-state index contributed by atoms with van der Waals surface area (Å²) in [4.78, 5) is 16.4. The van der Waals surface area contributed by atoms with E-state index < -0.39 is 96.1 Å². The van der Waals surface area contributed by atoms with Gasteiger partial charge in [-0.2, -0.15) is 0 Å². The summed E-state index contributed by atoms with van der Waals surface area (Å²) in [6.07, 6.45) is -8.29. The van der Waals surface area contributed by atoms with Gasteiger partial charge >= 0.3 is 5.97 Å². The maximum absolute atomic E-state index is 14.5. The molecule has 0 unspecified atom stereocenters. The highest BCUT2D eigenvalue weighted by molar-refractivity contribution is 5.73. The number of nitrogens with zero attached hydrogens (tertiary/aromatic N) is 1. The summed E-state index contributed by atoms with van der Waals surface area (Å²) in [6.45, 7) is 19.1. The van der Waals surface area contributed by atoms with Gasteiger partial charge in [-0.25, -0.2) is 0 Å². The molecule has 58 heavy (non-hydrogen) atoms. The first-order valence-corrected chi connectivity index (χ1v) is 21.4. The highest BCUT2D eigenvalue weighted by Gasteiger charge is 2.55. The second-order valence-corrected chi connectivity index (χ2v) is 18.6. The van der Waals surface area contributed by atoms with Gasteiger partial charge in [-0.1, -0.05) is 27.7 Å². The summed E-state index contributed by atoms with van der Waals surface area (Å²) >= 11 is 0. The van der Waals surface area contributed by atoms with Gasteiger partial charge in [0, 0.05) is 44.6 Å². The number of hydrogen-bond donors (Lipinski definition) is 5. The molecule has 2 bridgehead atoms. The van der Waals surface area contributed by atoms with Crippen LogP contribution in [0.2, 0.25) is 0 Å². The Kier molecular flexibility index (Phi) is 17.4. The molecule has 16 heteroatoms. The van der Waals surface area contributed by atoms with Crippen molar-refractivity contribution in [1.82, 2.24) is 10.2 Å². The number of ether oxygens (including phenoxy) is 9. The van der Waals surface area contributed by atoms with Crippen molar-refractivity contribution < 1.29 is 67.9 Å². The van der Waals surface area contributed by atoms with E-state index in [4.69, 9.17) is 42.6 Å². The van der Waals surface area contributed by atoms with E-state index >= 15 is 0 Å². The number of aliphatic hydroxyl groups excluding tert-OH is 2. The lowest BCUT2D eigenvalue weighted by molar-refractivity contribution is -0.318. The van der Waals surface area contributed by atoms with Crippen LogP contribution in [0.1, 0.15) is 94.9 Å². The zero-order valence-corrected chi connectivity index (χ0v) is 37.6. The lowest BCUT2D eigenvalue weighted by Crippen LogP contribution is -2.67. The van der Waals surface area contributed by atoms with E-state index in [9.17, 15) is 25.2 Å². The number of esters is 1. The number of nitrogens with one attached hydrogen (secondary N) is 1. The molecule has 16 nitrogen and oxygen atoms in total. The third-order valence-electron chi connectivity index (χ3n) is 13.5. The number of fused-ring (bicyclic) bond motifs is 2. The summed E-state index contributed by atoms with van der Waals surface area (Å²) in [7, 11) is 6.90. The third-order valence-corrected chi connectivity index (χ3v) is 13.5. The molecule has 4 aliphatic rings. The van der Waals surface area contributed by atoms with Gasteiger partial charge in [-0.3, -0.25) is 10.1 Å². The van der Waals surface area contributed by atoms with Crippen molar-refractivity contribution in [1.29, 1.82) is 0 Å². The van der Waals surface area contributed by atoms with Crippen molar-refractivity contribution in [2.45, 2.75) is 191 Å². The standard InChI is InChI=1S/C42H78N2O14/c1-15-29-42(10,49)37-24(4)32(43-30(56-37)21-52-17-16-50-13)22(2)19-40(8,48)36(58-39-33(45)28(44(11)12)18-23(3)53-39)25(5)34(26(6)38(47)55-29)57-31-20-41(9,51-14)35(46)27(7)54-31/h22-37,39,43,45-46,48-49H,15-21H2,1-14H3/t22-,23+,24+,25-,26+,27-,28-,29-,30-,31+,32+,33-,34+,35+,36-,37-,39-,40+,41-,42-/m0/s1. The topological polar surface area (TPSA) is 196 Å². The highest BCUT2D eigenvalue weighted by Crippen LogP contribution is 2.43. The number of carbonyl (C=O) groups excluding carboxylic acids is 1. The van der Waals surface area contributed by atoms with Crippen molar-refractivity contribution in [2.75, 3.05) is 48.1 Å². The van der Waals surface area contributed by atoms with Gasteiger partial charge in [0.1, 0.15) is 30.1 Å². The predicted octanol–water partition coefficient (Wildman–Crippen LogP) is 2.20. The number of aliphatic hydroxyl groups is 4. The van der Waals surface area contributed by atoms with Crippen LogP contribution >= 0.6 is 0 Å². The van der Waals surface area contributed by atoms with Crippen molar-refractivity contribution >= 4 is 5.97 Å². The summed E-state index contributed by atoms with van der Waals surface area (Å²) in [6, 6.07) is -0.593. The van der Waals surface area contributed by atoms with Gasteiger partial charge in [-0.15, -0.1) is 0 Å². The summed E-state index contributed by atoms with van der Waals surface area (Å²) in [5.74, 6) is -2.95. The zero-order chi connectivity index (χ0) is 43.5. The fourth-order valence-corrected chi connectivity index (χ4v) is 10.0. The number of likely N-dealkylation sites (N-methyl/N-ethyl adjacent to an activating group) is 1. The Morgan fingerprint density at radius 2 is 1.59 bits per heavy atom. The first-order chi connectivity index (χ1) is 27.0. The number of cyclic esters (lactones) is 1. The quantitative estimate of drug-likeness (QED) is 0.142. The molecule has 0 radical (unpaired) electrons. The van der Waals surface area contributed by atoms with Gasteiger partial charge in [0.15, 0.2) is 12.6 Å². The maximum atomic E-state index is 14.5. The molecule has 0 saturated carbocycles. The Morgan fingerprint density at radius 1 is 0.914 bits per heavy atom. The van der Waals surface area contributed by atoms with Crippen LogP contribution in [-0.4, -0.2) is 176 Å². The highest BCUT2D eigenvalue weighted by atomic mass is 16.7. The van der Waals surface area contributed by atoms with Crippen molar-refractivity contribution in [3.05, 3.63) is 0 Å². The number of carbonyl (C=O) groups is 1. The molecule has 340 valence electrons. The van der Waals surface area contributed by atoms with Gasteiger partial charge < -0.3 is 68.0 Å². The van der Waals surface area contributed by atoms with Gasteiger partial charge in [0.05, 0.1) is 67.5 Å². The molecule has 4 fully saturated rings. The lowest BCUT2D eigenvalue weighted by Gasteiger charge is -2.52. The average Bonchev–Trinajstić information content (AvgIpc) is 3.15. The molecule has 4 heterocycles. The zero-order valence-electron chi connectivity index (χ0n) is 37.6. The third kappa shape index (κ3) is 11.1. The number of hydrogen-bond acceptors (Lipinski definition) is 16. The fourth-order valence-electron chi connectivity index (χ4n) is 10.0. The van der Waals surface area contributed by atoms with Crippen LogP contribution in [0.4, 0.5) is 0 Å². The summed E-state index contributed by atoms with van der Waals surface area (Å²) in [5, 5.41) is 51.5. The molecule has 0 aromatic heterocycles. The normalized spacial score (nSPS) is 48.7. The Bertz CT molecular complexity index is 1290. The molecular formula is C42H78N2O14. The predicted molar refractivity (Wildman–Crippen MR) is 214 cm³/mol. The average molecular weight is 835 g/mol. The van der Waals surface area contributed by atoms with Crippen LogP contribution < -0.4 is 5.32 Å². The minimum absolute atomic E-state index is 0.137. The molecular weight excluding hydrogens is 756 g/mol. The molecule has 20 atom stereocenters. The Balaban J connectivity index is 1.83. The Labute approximate surface area is 346 Å². The van der Waals surface area contributed by atoms with Crippen LogP contribution in [-0.2, 0) is 47.4 Å². The number of methoxy groups -OCH3 is 2. The van der Waals surface area contributed by atoms with E-state index in [0.29, 0.717) is 19.6 Å². The first kappa shape index (κ1) is 49.6. The Morgan fingerprint density at radius 3 is 2.19 bits per heavy atom. The fraction of sp³-hybridized carbons (Fsp3) is 0.976.